The van der Waals surface area contributed by atoms with Crippen LogP contribution in [0.15, 0.2) is 18.2 Å². The van der Waals surface area contributed by atoms with Gasteiger partial charge in [0.05, 0.1) is 20.6 Å². The molecule has 0 N–H and O–H groups in total. The molecule has 0 spiro atoms. The Hall–Kier alpha value is -2.37. The predicted octanol–water partition coefficient (Wildman–Crippen LogP) is 2.77. The minimum atomic E-state index is -0.386. The summed E-state index contributed by atoms with van der Waals surface area (Å²) >= 11 is 0. The van der Waals surface area contributed by atoms with Gasteiger partial charge in [0.1, 0.15) is 0 Å². The molecule has 0 aromatic heterocycles. The lowest BCUT2D eigenvalue weighted by Gasteiger charge is -2.27. The lowest BCUT2D eigenvalue weighted by Crippen LogP contribution is -2.41. The molecule has 2 rings (SSSR count). The third kappa shape index (κ3) is 4.59. The van der Waals surface area contributed by atoms with Gasteiger partial charge in [0.25, 0.3) is 0 Å². The molecule has 1 aliphatic rings. The van der Waals surface area contributed by atoms with Crippen molar-refractivity contribution >= 4 is 17.8 Å². The van der Waals surface area contributed by atoms with Gasteiger partial charge in [0.2, 0.25) is 0 Å². The molecule has 1 aromatic rings. The Morgan fingerprint density at radius 2 is 1.80 bits per heavy atom. The number of ketones is 1. The smallest absolute Gasteiger partial charge is 0.409 e. The molecule has 1 unspecified atom stereocenters. The van der Waals surface area contributed by atoms with Crippen LogP contribution in [0.25, 0.3) is 0 Å². The first-order valence-corrected chi connectivity index (χ1v) is 8.56. The second kappa shape index (κ2) is 8.65. The van der Waals surface area contributed by atoms with Crippen LogP contribution in [0, 0.1) is 0 Å². The number of fused-ring (bicyclic) bond motifs is 1. The number of esters is 1. The van der Waals surface area contributed by atoms with E-state index in [4.69, 9.17) is 4.74 Å². The minimum absolute atomic E-state index is 0.0582. The number of amides is 1. The summed E-state index contributed by atoms with van der Waals surface area (Å²) in [5, 5.41) is 0. The van der Waals surface area contributed by atoms with Crippen LogP contribution in [-0.4, -0.2) is 49.6 Å². The van der Waals surface area contributed by atoms with Crippen molar-refractivity contribution in [2.24, 2.45) is 0 Å². The molecule has 0 radical (unpaired) electrons. The van der Waals surface area contributed by atoms with Crippen LogP contribution in [0.5, 0.6) is 0 Å². The average Bonchev–Trinajstić information content (AvgIpc) is 3.05. The van der Waals surface area contributed by atoms with Gasteiger partial charge in [0.15, 0.2) is 5.78 Å². The van der Waals surface area contributed by atoms with Gasteiger partial charge in [-0.3, -0.25) is 9.59 Å². The van der Waals surface area contributed by atoms with E-state index in [2.05, 4.69) is 4.74 Å². The normalized spacial score (nSPS) is 15.4. The molecule has 1 aliphatic carbocycles. The molecule has 0 heterocycles. The first kappa shape index (κ1) is 19.0. The monoisotopic (exact) mass is 347 g/mol. The number of hydrogen-bond acceptors (Lipinski definition) is 5. The van der Waals surface area contributed by atoms with Crippen LogP contribution in [-0.2, 0) is 27.1 Å². The van der Waals surface area contributed by atoms with Crippen molar-refractivity contribution in [3.8, 4) is 0 Å². The second-order valence-corrected chi connectivity index (χ2v) is 6.21. The van der Waals surface area contributed by atoms with Crippen LogP contribution in [0.1, 0.15) is 47.7 Å². The van der Waals surface area contributed by atoms with Gasteiger partial charge in [-0.05, 0) is 36.5 Å². The number of carbonyl (C=O) groups excluding carboxylic acids is 3. The van der Waals surface area contributed by atoms with Crippen LogP contribution in [0.4, 0.5) is 4.79 Å². The maximum Gasteiger partial charge on any atom is 0.409 e. The number of rotatable bonds is 7. The molecule has 1 atom stereocenters. The summed E-state index contributed by atoms with van der Waals surface area (Å²) < 4.78 is 9.46. The fourth-order valence-corrected chi connectivity index (χ4v) is 3.23. The van der Waals surface area contributed by atoms with Crippen molar-refractivity contribution in [1.29, 1.82) is 0 Å². The van der Waals surface area contributed by atoms with Gasteiger partial charge in [-0.1, -0.05) is 19.1 Å². The lowest BCUT2D eigenvalue weighted by atomic mass is 10.0. The van der Waals surface area contributed by atoms with Crippen molar-refractivity contribution in [1.82, 2.24) is 4.90 Å². The van der Waals surface area contributed by atoms with Gasteiger partial charge in [-0.25, -0.2) is 4.79 Å². The van der Waals surface area contributed by atoms with Crippen molar-refractivity contribution < 1.29 is 23.9 Å². The number of hydrogen-bond donors (Lipinski definition) is 0. The Balaban J connectivity index is 2.07. The van der Waals surface area contributed by atoms with E-state index in [1.54, 1.807) is 11.0 Å². The zero-order chi connectivity index (χ0) is 18.4. The summed E-state index contributed by atoms with van der Waals surface area (Å²) in [6, 6.07) is 5.68. The largest absolute Gasteiger partial charge is 0.469 e. The highest BCUT2D eigenvalue weighted by atomic mass is 16.5. The molecule has 6 nitrogen and oxygen atoms in total. The first-order chi connectivity index (χ1) is 12.0. The Kier molecular flexibility index (Phi) is 6.56. The summed E-state index contributed by atoms with van der Waals surface area (Å²) in [5.74, 6) is -0.460. The zero-order valence-corrected chi connectivity index (χ0v) is 15.0. The van der Waals surface area contributed by atoms with E-state index in [0.717, 1.165) is 24.0 Å². The fourth-order valence-electron chi connectivity index (χ4n) is 3.23. The van der Waals surface area contributed by atoms with Crippen molar-refractivity contribution in [3.05, 3.63) is 34.9 Å². The number of carbonyl (C=O) groups is 3. The number of benzene rings is 1. The van der Waals surface area contributed by atoms with E-state index >= 15 is 0 Å². The quantitative estimate of drug-likeness (QED) is 0.560. The molecule has 6 heteroatoms. The molecule has 0 aliphatic heterocycles. The molecule has 0 saturated heterocycles. The highest BCUT2D eigenvalue weighted by Gasteiger charge is 2.30. The number of methoxy groups -OCH3 is 2. The maximum absolute atomic E-state index is 12.2. The zero-order valence-electron chi connectivity index (χ0n) is 15.0. The Labute approximate surface area is 148 Å². The first-order valence-electron chi connectivity index (χ1n) is 8.56. The standard InChI is InChI=1S/C19H25NO5/c1-4-9-20(19(23)25-3)16-11-13-5-6-14(10-15(13)12-16)17(21)7-8-18(22)24-2/h5-6,10,16H,4,7-9,11-12H2,1-3H3. The van der Waals surface area contributed by atoms with Gasteiger partial charge in [-0.15, -0.1) is 0 Å². The van der Waals surface area contributed by atoms with Crippen LogP contribution < -0.4 is 0 Å². The van der Waals surface area contributed by atoms with E-state index < -0.39 is 0 Å². The molecule has 0 saturated carbocycles. The summed E-state index contributed by atoms with van der Waals surface area (Å²) in [4.78, 5) is 37.2. The summed E-state index contributed by atoms with van der Waals surface area (Å²) in [7, 11) is 2.71. The van der Waals surface area contributed by atoms with Crippen molar-refractivity contribution in [3.63, 3.8) is 0 Å². The Morgan fingerprint density at radius 3 is 2.44 bits per heavy atom. The number of ether oxygens (including phenoxy) is 2. The van der Waals surface area contributed by atoms with Crippen molar-refractivity contribution in [2.45, 2.75) is 45.1 Å². The molecular weight excluding hydrogens is 322 g/mol. The van der Waals surface area contributed by atoms with E-state index in [0.29, 0.717) is 18.5 Å². The minimum Gasteiger partial charge on any atom is -0.469 e. The summed E-state index contributed by atoms with van der Waals surface area (Å²) in [6.07, 6.45) is 2.25. The third-order valence-corrected chi connectivity index (χ3v) is 4.54. The third-order valence-electron chi connectivity index (χ3n) is 4.54. The van der Waals surface area contributed by atoms with Crippen LogP contribution in [0.2, 0.25) is 0 Å². The van der Waals surface area contributed by atoms with E-state index in [1.807, 2.05) is 19.1 Å². The molecule has 0 fully saturated rings. The lowest BCUT2D eigenvalue weighted by molar-refractivity contribution is -0.140. The predicted molar refractivity (Wildman–Crippen MR) is 92.6 cm³/mol. The van der Waals surface area contributed by atoms with Crippen LogP contribution in [0.3, 0.4) is 0 Å². The highest BCUT2D eigenvalue weighted by molar-refractivity contribution is 5.97. The molecule has 136 valence electrons. The van der Waals surface area contributed by atoms with Gasteiger partial charge < -0.3 is 14.4 Å². The van der Waals surface area contributed by atoms with Gasteiger partial charge in [-0.2, -0.15) is 0 Å². The van der Waals surface area contributed by atoms with Gasteiger partial charge >= 0.3 is 12.1 Å². The second-order valence-electron chi connectivity index (χ2n) is 6.21. The number of Topliss-reactive ketones (excluding diaryl/α,β-unsaturated/α-hetero) is 1. The van der Waals surface area contributed by atoms with Gasteiger partial charge in [0, 0.05) is 24.6 Å². The van der Waals surface area contributed by atoms with E-state index in [9.17, 15) is 14.4 Å². The molecule has 1 aromatic carbocycles. The summed E-state index contributed by atoms with van der Waals surface area (Å²) in [5.41, 5.74) is 2.84. The Morgan fingerprint density at radius 1 is 1.08 bits per heavy atom. The van der Waals surface area contributed by atoms with E-state index in [1.165, 1.54) is 14.2 Å². The molecule has 0 bridgehead atoms. The fraction of sp³-hybridized carbons (Fsp3) is 0.526. The molecule has 25 heavy (non-hydrogen) atoms. The average molecular weight is 347 g/mol. The Bertz CT molecular complexity index is 655. The highest BCUT2D eigenvalue weighted by Crippen LogP contribution is 2.27. The van der Waals surface area contributed by atoms with E-state index in [-0.39, 0.29) is 36.7 Å². The van der Waals surface area contributed by atoms with Crippen molar-refractivity contribution in [2.75, 3.05) is 20.8 Å². The maximum atomic E-state index is 12.2. The molecular formula is C19H25NO5. The summed E-state index contributed by atoms with van der Waals surface area (Å²) in [6.45, 7) is 2.67. The SMILES string of the molecule is CCCN(C(=O)OC)C1Cc2ccc(C(=O)CCC(=O)OC)cc2C1. The number of nitrogens with zero attached hydrogens (tertiary/aromatic N) is 1. The topological polar surface area (TPSA) is 72.9 Å². The molecule has 1 amide bonds. The van der Waals surface area contributed by atoms with Crippen LogP contribution >= 0.6 is 0 Å².